The van der Waals surface area contributed by atoms with E-state index in [1.54, 1.807) is 0 Å². The van der Waals surface area contributed by atoms with Gasteiger partial charge in [-0.25, -0.2) is 0 Å². The third-order valence-electron chi connectivity index (χ3n) is 3.06. The molecule has 1 aromatic heterocycles. The van der Waals surface area contributed by atoms with Gasteiger partial charge in [-0.05, 0) is 46.1 Å². The van der Waals surface area contributed by atoms with Crippen molar-refractivity contribution in [3.63, 3.8) is 0 Å². The van der Waals surface area contributed by atoms with Gasteiger partial charge >= 0.3 is 0 Å². The van der Waals surface area contributed by atoms with Crippen molar-refractivity contribution in [1.82, 2.24) is 9.88 Å². The van der Waals surface area contributed by atoms with E-state index in [4.69, 9.17) is 0 Å². The van der Waals surface area contributed by atoms with E-state index in [9.17, 15) is 0 Å². The molecule has 18 heavy (non-hydrogen) atoms. The van der Waals surface area contributed by atoms with Crippen LogP contribution in [-0.2, 0) is 0 Å². The number of para-hydroxylation sites is 1. The summed E-state index contributed by atoms with van der Waals surface area (Å²) in [6.07, 6.45) is 2.99. The molecule has 0 amide bonds. The monoisotopic (exact) mass is 243 g/mol. The largest absolute Gasteiger partial charge is 0.382 e. The molecule has 0 radical (unpaired) electrons. The number of nitrogens with one attached hydrogen (secondary N) is 1. The Bertz CT molecular complexity index is 503. The van der Waals surface area contributed by atoms with Gasteiger partial charge in [-0.2, -0.15) is 0 Å². The molecule has 0 aliphatic heterocycles. The third-order valence-corrected chi connectivity index (χ3v) is 3.06. The minimum absolute atomic E-state index is 0.457. The Hall–Kier alpha value is -1.61. The van der Waals surface area contributed by atoms with Crippen molar-refractivity contribution in [1.29, 1.82) is 0 Å². The van der Waals surface area contributed by atoms with Crippen LogP contribution in [0.15, 0.2) is 36.5 Å². The fourth-order valence-electron chi connectivity index (χ4n) is 2.01. The molecule has 2 aromatic rings. The summed E-state index contributed by atoms with van der Waals surface area (Å²) < 4.78 is 0. The summed E-state index contributed by atoms with van der Waals surface area (Å²) in [6.45, 7) is 3.32. The molecule has 0 spiro atoms. The molecule has 0 fully saturated rings. The summed E-state index contributed by atoms with van der Waals surface area (Å²) in [6, 6.07) is 10.7. The molecule has 3 nitrogen and oxygen atoms in total. The van der Waals surface area contributed by atoms with Crippen molar-refractivity contribution in [2.45, 2.75) is 19.4 Å². The van der Waals surface area contributed by atoms with Crippen LogP contribution in [-0.4, -0.2) is 36.6 Å². The number of pyridine rings is 1. The Morgan fingerprint density at radius 1 is 1.22 bits per heavy atom. The van der Waals surface area contributed by atoms with Crippen LogP contribution in [0.4, 0.5) is 5.69 Å². The van der Waals surface area contributed by atoms with Crippen molar-refractivity contribution in [2.24, 2.45) is 0 Å². The minimum atomic E-state index is 0.457. The Morgan fingerprint density at radius 3 is 2.78 bits per heavy atom. The maximum absolute atomic E-state index is 4.38. The van der Waals surface area contributed by atoms with Crippen LogP contribution in [0.25, 0.3) is 10.9 Å². The third kappa shape index (κ3) is 3.20. The summed E-state index contributed by atoms with van der Waals surface area (Å²) in [7, 11) is 4.21. The summed E-state index contributed by atoms with van der Waals surface area (Å²) >= 11 is 0. The number of hydrogen-bond donors (Lipinski definition) is 1. The molecule has 0 saturated heterocycles. The summed E-state index contributed by atoms with van der Waals surface area (Å²) in [4.78, 5) is 6.59. The van der Waals surface area contributed by atoms with E-state index < -0.39 is 0 Å². The molecule has 0 aliphatic rings. The fourth-order valence-corrected chi connectivity index (χ4v) is 2.01. The van der Waals surface area contributed by atoms with Crippen molar-refractivity contribution in [3.8, 4) is 0 Å². The zero-order valence-corrected chi connectivity index (χ0v) is 11.4. The van der Waals surface area contributed by atoms with Gasteiger partial charge in [0.15, 0.2) is 0 Å². The van der Waals surface area contributed by atoms with Gasteiger partial charge in [0.2, 0.25) is 0 Å². The van der Waals surface area contributed by atoms with Crippen molar-refractivity contribution < 1.29 is 0 Å². The molecule has 96 valence electrons. The van der Waals surface area contributed by atoms with Gasteiger partial charge in [-0.3, -0.25) is 4.98 Å². The van der Waals surface area contributed by atoms with Gasteiger partial charge in [-0.15, -0.1) is 0 Å². The first-order valence-electron chi connectivity index (χ1n) is 6.42. The van der Waals surface area contributed by atoms with Crippen LogP contribution in [0.5, 0.6) is 0 Å². The van der Waals surface area contributed by atoms with Crippen LogP contribution < -0.4 is 5.32 Å². The number of hydrogen-bond acceptors (Lipinski definition) is 3. The topological polar surface area (TPSA) is 28.2 Å². The minimum Gasteiger partial charge on any atom is -0.382 e. The van der Waals surface area contributed by atoms with E-state index in [1.807, 2.05) is 18.3 Å². The van der Waals surface area contributed by atoms with Crippen LogP contribution in [0.2, 0.25) is 0 Å². The fraction of sp³-hybridized carbons (Fsp3) is 0.400. The van der Waals surface area contributed by atoms with E-state index in [0.717, 1.165) is 18.5 Å². The molecular formula is C15H21N3. The van der Waals surface area contributed by atoms with Crippen molar-refractivity contribution >= 4 is 16.6 Å². The Labute approximate surface area is 109 Å². The molecule has 0 bridgehead atoms. The quantitative estimate of drug-likeness (QED) is 0.875. The number of rotatable bonds is 5. The van der Waals surface area contributed by atoms with Gasteiger partial charge in [-0.1, -0.05) is 18.2 Å². The van der Waals surface area contributed by atoms with E-state index in [2.05, 4.69) is 54.4 Å². The molecule has 1 atom stereocenters. The predicted octanol–water partition coefficient (Wildman–Crippen LogP) is 2.99. The second kappa shape index (κ2) is 5.83. The molecule has 1 N–H and O–H groups in total. The maximum Gasteiger partial charge on any atom is 0.0722 e. The smallest absolute Gasteiger partial charge is 0.0722 e. The molecule has 1 unspecified atom stereocenters. The standard InChI is InChI=1S/C15H21N3/c1-12(9-11-18(2)3)17-15-8-10-16-14-7-5-4-6-13(14)15/h4-8,10,12H,9,11H2,1-3H3,(H,16,17). The second-order valence-corrected chi connectivity index (χ2v) is 5.01. The average Bonchev–Trinajstić information content (AvgIpc) is 2.37. The van der Waals surface area contributed by atoms with Gasteiger partial charge in [0.25, 0.3) is 0 Å². The summed E-state index contributed by atoms with van der Waals surface area (Å²) in [5, 5.41) is 4.76. The zero-order valence-electron chi connectivity index (χ0n) is 11.4. The van der Waals surface area contributed by atoms with E-state index in [-0.39, 0.29) is 0 Å². The SMILES string of the molecule is CC(CCN(C)C)Nc1ccnc2ccccc12. The lowest BCUT2D eigenvalue weighted by Crippen LogP contribution is -2.23. The van der Waals surface area contributed by atoms with Gasteiger partial charge in [0.05, 0.1) is 5.52 Å². The van der Waals surface area contributed by atoms with Gasteiger partial charge < -0.3 is 10.2 Å². The summed E-state index contributed by atoms with van der Waals surface area (Å²) in [5.41, 5.74) is 2.22. The number of fused-ring (bicyclic) bond motifs is 1. The van der Waals surface area contributed by atoms with Crippen LogP contribution in [0.1, 0.15) is 13.3 Å². The molecule has 3 heteroatoms. The predicted molar refractivity (Wildman–Crippen MR) is 78.0 cm³/mol. The number of anilines is 1. The van der Waals surface area contributed by atoms with Crippen LogP contribution in [0, 0.1) is 0 Å². The summed E-state index contributed by atoms with van der Waals surface area (Å²) in [5.74, 6) is 0. The van der Waals surface area contributed by atoms with E-state index >= 15 is 0 Å². The normalized spacial score (nSPS) is 12.9. The van der Waals surface area contributed by atoms with Crippen LogP contribution >= 0.6 is 0 Å². The van der Waals surface area contributed by atoms with Gasteiger partial charge in [0.1, 0.15) is 0 Å². The highest BCUT2D eigenvalue weighted by Gasteiger charge is 2.05. The maximum atomic E-state index is 4.38. The molecule has 0 aliphatic carbocycles. The highest BCUT2D eigenvalue weighted by atomic mass is 15.1. The Morgan fingerprint density at radius 2 is 2.00 bits per heavy atom. The second-order valence-electron chi connectivity index (χ2n) is 5.01. The average molecular weight is 243 g/mol. The first kappa shape index (κ1) is 12.8. The Balaban J connectivity index is 2.11. The molecular weight excluding hydrogens is 222 g/mol. The molecule has 0 saturated carbocycles. The Kier molecular flexibility index (Phi) is 4.15. The first-order chi connectivity index (χ1) is 8.66. The lowest BCUT2D eigenvalue weighted by molar-refractivity contribution is 0.390. The van der Waals surface area contributed by atoms with E-state index in [1.165, 1.54) is 11.1 Å². The number of nitrogens with zero attached hydrogens (tertiary/aromatic N) is 2. The molecule has 1 aromatic carbocycles. The first-order valence-corrected chi connectivity index (χ1v) is 6.42. The molecule has 2 rings (SSSR count). The number of aromatic nitrogens is 1. The zero-order chi connectivity index (χ0) is 13.0. The molecule has 1 heterocycles. The van der Waals surface area contributed by atoms with E-state index in [0.29, 0.717) is 6.04 Å². The lowest BCUT2D eigenvalue weighted by Gasteiger charge is -2.18. The van der Waals surface area contributed by atoms with Crippen LogP contribution in [0.3, 0.4) is 0 Å². The van der Waals surface area contributed by atoms with Gasteiger partial charge in [0, 0.05) is 23.3 Å². The number of benzene rings is 1. The van der Waals surface area contributed by atoms with Crippen molar-refractivity contribution in [2.75, 3.05) is 26.0 Å². The van der Waals surface area contributed by atoms with Crippen molar-refractivity contribution in [3.05, 3.63) is 36.5 Å². The highest BCUT2D eigenvalue weighted by Crippen LogP contribution is 2.21. The lowest BCUT2D eigenvalue weighted by atomic mass is 10.1. The highest BCUT2D eigenvalue weighted by molar-refractivity contribution is 5.90.